The summed E-state index contributed by atoms with van der Waals surface area (Å²) < 4.78 is 5.11. The minimum Gasteiger partial charge on any atom is -0.208 e. The number of rotatable bonds is 5. The fraction of sp³-hybridized carbons (Fsp3) is 0. The smallest absolute Gasteiger partial charge is 0.164 e. The van der Waals surface area contributed by atoms with E-state index in [1.54, 1.807) is 0 Å². The molecule has 0 atom stereocenters. The highest BCUT2D eigenvalue weighted by atomic mass is 32.1. The lowest BCUT2D eigenvalue weighted by Crippen LogP contribution is -2.01. The number of fused-ring (bicyclic) bond motifs is 6. The third-order valence-corrected chi connectivity index (χ3v) is 11.6. The van der Waals surface area contributed by atoms with E-state index in [2.05, 4.69) is 127 Å². The molecular formula is C45H27N3S2. The molecule has 3 heterocycles. The van der Waals surface area contributed by atoms with Gasteiger partial charge in [-0.25, -0.2) is 15.0 Å². The number of hydrogen-bond donors (Lipinski definition) is 0. The van der Waals surface area contributed by atoms with Gasteiger partial charge >= 0.3 is 0 Å². The number of nitrogens with zero attached hydrogens (tertiary/aromatic N) is 3. The van der Waals surface area contributed by atoms with E-state index in [0.717, 1.165) is 33.4 Å². The predicted octanol–water partition coefficient (Wildman–Crippen LogP) is 12.9. The van der Waals surface area contributed by atoms with Gasteiger partial charge in [0.15, 0.2) is 17.5 Å². The number of thiophene rings is 2. The van der Waals surface area contributed by atoms with Crippen LogP contribution in [0.2, 0.25) is 0 Å². The second kappa shape index (κ2) is 11.8. The molecule has 7 aromatic carbocycles. The van der Waals surface area contributed by atoms with Gasteiger partial charge in [0.1, 0.15) is 0 Å². The van der Waals surface area contributed by atoms with Crippen molar-refractivity contribution < 1.29 is 0 Å². The second-order valence-electron chi connectivity index (χ2n) is 12.4. The minimum absolute atomic E-state index is 0.647. The summed E-state index contributed by atoms with van der Waals surface area (Å²) >= 11 is 3.68. The van der Waals surface area contributed by atoms with Gasteiger partial charge in [-0.05, 0) is 41.0 Å². The summed E-state index contributed by atoms with van der Waals surface area (Å²) in [7, 11) is 0. The SMILES string of the molecule is c1ccc(-c2nc(-c3ccccc3)nc(-c3cccc(-c4cccc5sc6ccccc6c45)c3-c3ccc4c(c3)sc3ccccc34)n2)cc1. The van der Waals surface area contributed by atoms with E-state index < -0.39 is 0 Å². The number of aromatic nitrogens is 3. The zero-order chi connectivity index (χ0) is 33.0. The highest BCUT2D eigenvalue weighted by Crippen LogP contribution is 2.47. The Hall–Kier alpha value is -6.01. The van der Waals surface area contributed by atoms with Crippen LogP contribution in [0.25, 0.3) is 96.8 Å². The Labute approximate surface area is 296 Å². The fourth-order valence-corrected chi connectivity index (χ4v) is 9.36. The van der Waals surface area contributed by atoms with Crippen molar-refractivity contribution in [2.45, 2.75) is 0 Å². The normalized spacial score (nSPS) is 11.6. The van der Waals surface area contributed by atoms with E-state index in [1.807, 2.05) is 59.1 Å². The first-order valence-corrected chi connectivity index (χ1v) is 18.2. The lowest BCUT2D eigenvalue weighted by Gasteiger charge is -2.17. The van der Waals surface area contributed by atoms with Crippen molar-refractivity contribution in [1.29, 1.82) is 0 Å². The number of hydrogen-bond acceptors (Lipinski definition) is 5. The molecular weight excluding hydrogens is 647 g/mol. The number of benzene rings is 7. The monoisotopic (exact) mass is 673 g/mol. The third-order valence-electron chi connectivity index (χ3n) is 9.36. The van der Waals surface area contributed by atoms with E-state index in [1.165, 1.54) is 45.9 Å². The van der Waals surface area contributed by atoms with E-state index in [9.17, 15) is 0 Å². The van der Waals surface area contributed by atoms with Gasteiger partial charge in [0.05, 0.1) is 0 Å². The molecule has 0 N–H and O–H groups in total. The Morgan fingerprint density at radius 1 is 0.320 bits per heavy atom. The molecule has 0 saturated carbocycles. The Bertz CT molecular complexity index is 2810. The Balaban J connectivity index is 1.29. The van der Waals surface area contributed by atoms with Crippen molar-refractivity contribution in [1.82, 2.24) is 15.0 Å². The molecule has 0 unspecified atom stereocenters. The summed E-state index contributed by atoms with van der Waals surface area (Å²) in [6, 6.07) is 57.9. The van der Waals surface area contributed by atoms with Gasteiger partial charge in [0.2, 0.25) is 0 Å². The zero-order valence-corrected chi connectivity index (χ0v) is 28.4. The summed E-state index contributed by atoms with van der Waals surface area (Å²) in [6.07, 6.45) is 0. The molecule has 10 aromatic rings. The lowest BCUT2D eigenvalue weighted by molar-refractivity contribution is 1.07. The summed E-state index contributed by atoms with van der Waals surface area (Å²) in [5.41, 5.74) is 7.47. The summed E-state index contributed by atoms with van der Waals surface area (Å²) in [4.78, 5) is 15.4. The quantitative estimate of drug-likeness (QED) is 0.182. The summed E-state index contributed by atoms with van der Waals surface area (Å²) in [5.74, 6) is 1.95. The van der Waals surface area contributed by atoms with E-state index in [0.29, 0.717) is 17.5 Å². The largest absolute Gasteiger partial charge is 0.208 e. The van der Waals surface area contributed by atoms with Crippen LogP contribution in [0.3, 0.4) is 0 Å². The van der Waals surface area contributed by atoms with E-state index in [4.69, 9.17) is 15.0 Å². The van der Waals surface area contributed by atoms with Crippen LogP contribution >= 0.6 is 22.7 Å². The zero-order valence-electron chi connectivity index (χ0n) is 26.7. The van der Waals surface area contributed by atoms with Gasteiger partial charge < -0.3 is 0 Å². The first-order chi connectivity index (χ1) is 24.8. The van der Waals surface area contributed by atoms with Crippen LogP contribution in [0.5, 0.6) is 0 Å². The molecule has 5 heteroatoms. The fourth-order valence-electron chi connectivity index (χ4n) is 7.08. The van der Waals surface area contributed by atoms with Gasteiger partial charge in [-0.15, -0.1) is 22.7 Å². The topological polar surface area (TPSA) is 38.7 Å². The van der Waals surface area contributed by atoms with Crippen LogP contribution in [-0.2, 0) is 0 Å². The molecule has 0 fully saturated rings. The van der Waals surface area contributed by atoms with Crippen molar-refractivity contribution in [3.63, 3.8) is 0 Å². The maximum Gasteiger partial charge on any atom is 0.164 e. The molecule has 234 valence electrons. The highest BCUT2D eigenvalue weighted by Gasteiger charge is 2.21. The Kier molecular flexibility index (Phi) is 6.86. The molecule has 0 aliphatic heterocycles. The van der Waals surface area contributed by atoms with Crippen molar-refractivity contribution in [3.8, 4) is 56.4 Å². The molecule has 0 aliphatic carbocycles. The molecule has 50 heavy (non-hydrogen) atoms. The van der Waals surface area contributed by atoms with Crippen LogP contribution < -0.4 is 0 Å². The molecule has 0 amide bonds. The van der Waals surface area contributed by atoms with Crippen molar-refractivity contribution >= 4 is 63.0 Å². The van der Waals surface area contributed by atoms with Gasteiger partial charge in [0.25, 0.3) is 0 Å². The third kappa shape index (κ3) is 4.82. The first-order valence-electron chi connectivity index (χ1n) is 16.6. The van der Waals surface area contributed by atoms with Crippen LogP contribution in [0.15, 0.2) is 164 Å². The lowest BCUT2D eigenvalue weighted by atomic mass is 9.88. The average molecular weight is 674 g/mol. The predicted molar refractivity (Wildman–Crippen MR) is 213 cm³/mol. The van der Waals surface area contributed by atoms with Crippen molar-refractivity contribution in [2.24, 2.45) is 0 Å². The second-order valence-corrected chi connectivity index (χ2v) is 14.5. The molecule has 10 rings (SSSR count). The Morgan fingerprint density at radius 3 is 1.58 bits per heavy atom. The maximum atomic E-state index is 5.20. The summed E-state index contributed by atoms with van der Waals surface area (Å²) in [6.45, 7) is 0. The van der Waals surface area contributed by atoms with Crippen molar-refractivity contribution in [3.05, 3.63) is 164 Å². The first kappa shape index (κ1) is 29.0. The average Bonchev–Trinajstić information content (AvgIpc) is 3.76. The highest BCUT2D eigenvalue weighted by molar-refractivity contribution is 7.26. The molecule has 0 bridgehead atoms. The molecule has 0 spiro atoms. The molecule has 0 saturated heterocycles. The molecule has 0 radical (unpaired) electrons. The molecule has 0 aliphatic rings. The maximum absolute atomic E-state index is 5.20. The Morgan fingerprint density at radius 2 is 0.840 bits per heavy atom. The minimum atomic E-state index is 0.647. The van der Waals surface area contributed by atoms with E-state index >= 15 is 0 Å². The van der Waals surface area contributed by atoms with Gasteiger partial charge in [-0.2, -0.15) is 0 Å². The van der Waals surface area contributed by atoms with Crippen LogP contribution in [-0.4, -0.2) is 15.0 Å². The molecule has 3 nitrogen and oxygen atoms in total. The van der Waals surface area contributed by atoms with Gasteiger partial charge in [-0.1, -0.05) is 140 Å². The van der Waals surface area contributed by atoms with E-state index in [-0.39, 0.29) is 0 Å². The van der Waals surface area contributed by atoms with Crippen molar-refractivity contribution in [2.75, 3.05) is 0 Å². The van der Waals surface area contributed by atoms with Crippen LogP contribution in [0.4, 0.5) is 0 Å². The van der Waals surface area contributed by atoms with Crippen LogP contribution in [0, 0.1) is 0 Å². The molecule has 3 aromatic heterocycles. The van der Waals surface area contributed by atoms with Gasteiger partial charge in [0, 0.05) is 62.6 Å². The summed E-state index contributed by atoms with van der Waals surface area (Å²) in [5, 5.41) is 5.12. The standard InChI is InChI=1S/C45H27N3S2/c1-3-13-28(14-4-1)43-46-44(29-15-5-2-6-16-29)48-45(47-43)36-21-11-19-33(34-20-12-24-39-42(34)35-18-8-10-23-38(35)49-39)41(36)30-25-26-32-31-17-7-9-22-37(31)50-40(32)27-30/h1-27H. The van der Waals surface area contributed by atoms with Gasteiger partial charge in [-0.3, -0.25) is 0 Å². The van der Waals surface area contributed by atoms with Crippen LogP contribution in [0.1, 0.15) is 0 Å².